The average molecular weight is 371 g/mol. The molecule has 1 aliphatic heterocycles. The molecule has 0 radical (unpaired) electrons. The van der Waals surface area contributed by atoms with Gasteiger partial charge >= 0.3 is 6.03 Å². The highest BCUT2D eigenvalue weighted by molar-refractivity contribution is 5.87. The van der Waals surface area contributed by atoms with Crippen LogP contribution in [-0.2, 0) is 5.41 Å². The zero-order valence-electron chi connectivity index (χ0n) is 15.4. The second kappa shape index (κ2) is 6.64. The number of anilines is 1. The van der Waals surface area contributed by atoms with Crippen LogP contribution in [0.25, 0.3) is 17.5 Å². The summed E-state index contributed by atoms with van der Waals surface area (Å²) >= 11 is 0. The van der Waals surface area contributed by atoms with E-state index in [1.54, 1.807) is 0 Å². The van der Waals surface area contributed by atoms with Gasteiger partial charge in [-0.3, -0.25) is 10.4 Å². The maximum absolute atomic E-state index is 12.7. The predicted octanol–water partition coefficient (Wildman–Crippen LogP) is 4.06. The predicted molar refractivity (Wildman–Crippen MR) is 109 cm³/mol. The van der Waals surface area contributed by atoms with Crippen molar-refractivity contribution in [3.8, 4) is 11.4 Å². The molecule has 0 saturated carbocycles. The van der Waals surface area contributed by atoms with Crippen molar-refractivity contribution < 1.29 is 4.79 Å². The number of aromatic amines is 1. The topological polar surface area (TPSA) is 73.9 Å². The van der Waals surface area contributed by atoms with Crippen LogP contribution in [0.3, 0.4) is 0 Å². The van der Waals surface area contributed by atoms with Crippen molar-refractivity contribution in [2.24, 2.45) is 0 Å². The Bertz CT molecular complexity index is 1030. The van der Waals surface area contributed by atoms with E-state index in [1.807, 2.05) is 35.2 Å². The standard InChI is InChI=1S/C22H21N5O/c28-21(24-20-23-19(25-26-20)17-7-2-1-3-8-17)27-14-12-22(13-15-27)11-10-16-6-4-5-9-18(16)22/h1-11H,12-15H2,(H2,23,24,25,26,28). The van der Waals surface area contributed by atoms with Crippen LogP contribution < -0.4 is 5.32 Å². The maximum atomic E-state index is 12.7. The lowest BCUT2D eigenvalue weighted by Crippen LogP contribution is -2.45. The number of aromatic nitrogens is 3. The van der Waals surface area contributed by atoms with E-state index in [1.165, 1.54) is 11.1 Å². The molecule has 2 aliphatic rings. The summed E-state index contributed by atoms with van der Waals surface area (Å²) in [6.45, 7) is 1.42. The van der Waals surface area contributed by atoms with Crippen molar-refractivity contribution in [1.29, 1.82) is 0 Å². The van der Waals surface area contributed by atoms with Gasteiger partial charge in [-0.15, -0.1) is 5.10 Å². The molecule has 2 heterocycles. The highest BCUT2D eigenvalue weighted by atomic mass is 16.2. The molecule has 6 nitrogen and oxygen atoms in total. The molecular weight excluding hydrogens is 350 g/mol. The van der Waals surface area contributed by atoms with Crippen molar-refractivity contribution in [1.82, 2.24) is 20.1 Å². The number of carbonyl (C=O) groups is 1. The molecule has 140 valence electrons. The van der Waals surface area contributed by atoms with Crippen LogP contribution in [-0.4, -0.2) is 39.2 Å². The zero-order chi connectivity index (χ0) is 19.0. The molecule has 1 spiro atoms. The number of hydrogen-bond acceptors (Lipinski definition) is 3. The highest BCUT2D eigenvalue weighted by Gasteiger charge is 2.38. The molecule has 5 rings (SSSR count). The Morgan fingerprint density at radius 3 is 2.61 bits per heavy atom. The van der Waals surface area contributed by atoms with Gasteiger partial charge in [0.15, 0.2) is 5.82 Å². The number of allylic oxidation sites excluding steroid dienone is 1. The summed E-state index contributed by atoms with van der Waals surface area (Å²) in [6.07, 6.45) is 6.38. The minimum Gasteiger partial charge on any atom is -0.324 e. The van der Waals surface area contributed by atoms with Gasteiger partial charge in [0, 0.05) is 24.1 Å². The number of carbonyl (C=O) groups excluding carboxylic acids is 1. The van der Waals surface area contributed by atoms with Crippen LogP contribution in [0.4, 0.5) is 10.7 Å². The Hall–Kier alpha value is -3.41. The van der Waals surface area contributed by atoms with E-state index in [-0.39, 0.29) is 11.4 Å². The fourth-order valence-electron chi connectivity index (χ4n) is 4.20. The number of hydrogen-bond donors (Lipinski definition) is 2. The summed E-state index contributed by atoms with van der Waals surface area (Å²) in [6, 6.07) is 18.1. The molecule has 1 saturated heterocycles. The van der Waals surface area contributed by atoms with Gasteiger partial charge in [0.1, 0.15) is 0 Å². The quantitative estimate of drug-likeness (QED) is 0.713. The first kappa shape index (κ1) is 16.7. The van der Waals surface area contributed by atoms with Crippen LogP contribution in [0.2, 0.25) is 0 Å². The van der Waals surface area contributed by atoms with Crippen molar-refractivity contribution >= 4 is 18.1 Å². The second-order valence-corrected chi connectivity index (χ2v) is 7.37. The molecule has 3 aromatic rings. The van der Waals surface area contributed by atoms with Crippen molar-refractivity contribution in [2.45, 2.75) is 18.3 Å². The molecule has 1 aliphatic carbocycles. The van der Waals surface area contributed by atoms with Crippen LogP contribution >= 0.6 is 0 Å². The number of likely N-dealkylation sites (tertiary alicyclic amines) is 1. The molecular formula is C22H21N5O. The molecule has 0 atom stereocenters. The number of urea groups is 1. The van der Waals surface area contributed by atoms with E-state index in [4.69, 9.17) is 0 Å². The third kappa shape index (κ3) is 2.87. The summed E-state index contributed by atoms with van der Waals surface area (Å²) in [5, 5.41) is 9.82. The van der Waals surface area contributed by atoms with Gasteiger partial charge in [-0.2, -0.15) is 4.98 Å². The van der Waals surface area contributed by atoms with E-state index >= 15 is 0 Å². The first-order valence-corrected chi connectivity index (χ1v) is 9.56. The normalized spacial score (nSPS) is 16.9. The first-order valence-electron chi connectivity index (χ1n) is 9.56. The lowest BCUT2D eigenvalue weighted by molar-refractivity contribution is 0.182. The Balaban J connectivity index is 1.24. The van der Waals surface area contributed by atoms with Crippen LogP contribution in [0.1, 0.15) is 24.0 Å². The number of piperidine rings is 1. The second-order valence-electron chi connectivity index (χ2n) is 7.37. The summed E-state index contributed by atoms with van der Waals surface area (Å²) in [4.78, 5) is 18.9. The third-order valence-electron chi connectivity index (χ3n) is 5.77. The number of rotatable bonds is 2. The Kier molecular flexibility index (Phi) is 3.97. The van der Waals surface area contributed by atoms with Crippen LogP contribution in [0, 0.1) is 0 Å². The number of nitrogens with zero attached hydrogens (tertiary/aromatic N) is 3. The molecule has 2 aromatic carbocycles. The molecule has 0 bridgehead atoms. The zero-order valence-corrected chi connectivity index (χ0v) is 15.4. The fraction of sp³-hybridized carbons (Fsp3) is 0.227. The van der Waals surface area contributed by atoms with Crippen LogP contribution in [0.15, 0.2) is 60.7 Å². The highest BCUT2D eigenvalue weighted by Crippen LogP contribution is 2.43. The molecule has 1 fully saturated rings. The number of benzene rings is 2. The van der Waals surface area contributed by atoms with E-state index < -0.39 is 0 Å². The van der Waals surface area contributed by atoms with Crippen molar-refractivity contribution in [2.75, 3.05) is 18.4 Å². The summed E-state index contributed by atoms with van der Waals surface area (Å²) < 4.78 is 0. The van der Waals surface area contributed by atoms with Gasteiger partial charge in [-0.25, -0.2) is 4.79 Å². The minimum absolute atomic E-state index is 0.0679. The molecule has 0 unspecified atom stereocenters. The minimum atomic E-state index is -0.149. The number of fused-ring (bicyclic) bond motifs is 2. The third-order valence-corrected chi connectivity index (χ3v) is 5.77. The Morgan fingerprint density at radius 2 is 1.79 bits per heavy atom. The van der Waals surface area contributed by atoms with Crippen molar-refractivity contribution in [3.63, 3.8) is 0 Å². The lowest BCUT2D eigenvalue weighted by atomic mass is 9.74. The summed E-state index contributed by atoms with van der Waals surface area (Å²) in [5.41, 5.74) is 3.69. The smallest absolute Gasteiger partial charge is 0.324 e. The monoisotopic (exact) mass is 371 g/mol. The first-order chi connectivity index (χ1) is 13.7. The van der Waals surface area contributed by atoms with Gasteiger partial charge in [0.25, 0.3) is 0 Å². The fourth-order valence-corrected chi connectivity index (χ4v) is 4.20. The average Bonchev–Trinajstić information content (AvgIpc) is 3.35. The van der Waals surface area contributed by atoms with Gasteiger partial charge in [-0.05, 0) is 24.0 Å². The van der Waals surface area contributed by atoms with Gasteiger partial charge in [0.05, 0.1) is 0 Å². The number of nitrogens with one attached hydrogen (secondary N) is 2. The molecule has 6 heteroatoms. The number of amides is 2. The van der Waals surface area contributed by atoms with Gasteiger partial charge in [-0.1, -0.05) is 66.7 Å². The lowest BCUT2D eigenvalue weighted by Gasteiger charge is -2.39. The van der Waals surface area contributed by atoms with Crippen molar-refractivity contribution in [3.05, 3.63) is 71.8 Å². The van der Waals surface area contributed by atoms with E-state index in [2.05, 4.69) is 56.9 Å². The molecule has 2 N–H and O–H groups in total. The van der Waals surface area contributed by atoms with Crippen LogP contribution in [0.5, 0.6) is 0 Å². The molecule has 1 aromatic heterocycles. The van der Waals surface area contributed by atoms with E-state index in [0.717, 1.165) is 18.4 Å². The SMILES string of the molecule is O=C(Nc1n[nH]c(-c2ccccc2)n1)N1CCC2(C=Cc3ccccc32)CC1. The van der Waals surface area contributed by atoms with E-state index in [9.17, 15) is 4.79 Å². The summed E-state index contributed by atoms with van der Waals surface area (Å²) in [7, 11) is 0. The van der Waals surface area contributed by atoms with Gasteiger partial charge < -0.3 is 4.90 Å². The largest absolute Gasteiger partial charge is 0.324 e. The summed E-state index contributed by atoms with van der Waals surface area (Å²) in [5.74, 6) is 0.941. The maximum Gasteiger partial charge on any atom is 0.324 e. The van der Waals surface area contributed by atoms with Gasteiger partial charge in [0.2, 0.25) is 5.95 Å². The Morgan fingerprint density at radius 1 is 1.04 bits per heavy atom. The van der Waals surface area contributed by atoms with E-state index in [0.29, 0.717) is 24.9 Å². The molecule has 28 heavy (non-hydrogen) atoms. The number of H-pyrrole nitrogens is 1. The molecule has 2 amide bonds. The Labute approximate surface area is 163 Å².